The van der Waals surface area contributed by atoms with E-state index in [1.165, 1.54) is 0 Å². The molecule has 0 aliphatic heterocycles. The van der Waals surface area contributed by atoms with Crippen molar-refractivity contribution in [2.24, 2.45) is 0 Å². The Hall–Kier alpha value is -4.48. The first-order chi connectivity index (χ1) is 20.0. The molecule has 0 saturated heterocycles. The molecule has 0 atom stereocenters. The number of carbonyl (C=O) groups excluding carboxylic acids is 2. The van der Waals surface area contributed by atoms with Gasteiger partial charge in [0.1, 0.15) is 15.6 Å². The van der Waals surface area contributed by atoms with Crippen molar-refractivity contribution in [1.82, 2.24) is 0 Å². The van der Waals surface area contributed by atoms with Gasteiger partial charge in [-0.1, -0.05) is 48.5 Å². The van der Waals surface area contributed by atoms with Crippen LogP contribution < -0.4 is 15.8 Å². The smallest absolute Gasteiger partial charge is 0.196 e. The van der Waals surface area contributed by atoms with Gasteiger partial charge in [-0.25, -0.2) is 16.8 Å². The molecule has 4 aromatic rings. The number of benzene rings is 4. The number of rotatable bonds is 5. The number of para-hydroxylation sites is 1. The Morgan fingerprint density at radius 1 is 0.721 bits per heavy atom. The maximum Gasteiger partial charge on any atom is 0.196 e. The van der Waals surface area contributed by atoms with E-state index in [9.17, 15) is 26.4 Å². The van der Waals surface area contributed by atoms with Crippen molar-refractivity contribution in [1.29, 1.82) is 0 Å². The zero-order valence-electron chi connectivity index (χ0n) is 24.6. The lowest BCUT2D eigenvalue weighted by Crippen LogP contribution is -2.24. The zero-order chi connectivity index (χ0) is 31.9. The quantitative estimate of drug-likeness (QED) is 0.240. The highest BCUT2D eigenvalue weighted by Crippen LogP contribution is 2.44. The summed E-state index contributed by atoms with van der Waals surface area (Å²) < 4.78 is 50.5. The van der Waals surface area contributed by atoms with Gasteiger partial charge in [0.05, 0.1) is 27.4 Å². The van der Waals surface area contributed by atoms with Gasteiger partial charge in [0.15, 0.2) is 27.2 Å². The first-order valence-corrected chi connectivity index (χ1v) is 17.3. The molecule has 11 heteroatoms. The van der Waals surface area contributed by atoms with Crippen molar-refractivity contribution < 1.29 is 31.2 Å². The summed E-state index contributed by atoms with van der Waals surface area (Å²) in [6.07, 6.45) is 3.48. The minimum Gasteiger partial charge on any atom is -0.455 e. The Kier molecular flexibility index (Phi) is 8.53. The van der Waals surface area contributed by atoms with Crippen molar-refractivity contribution in [3.63, 3.8) is 0 Å². The number of carbonyl (C=O) groups is 2. The number of aryl methyl sites for hydroxylation is 2. The van der Waals surface area contributed by atoms with Crippen LogP contribution in [-0.2, 0) is 19.7 Å². The van der Waals surface area contributed by atoms with Crippen molar-refractivity contribution >= 4 is 48.3 Å². The van der Waals surface area contributed by atoms with Crippen LogP contribution in [0, 0.1) is 20.8 Å². The van der Waals surface area contributed by atoms with Gasteiger partial charge in [0.2, 0.25) is 0 Å². The average Bonchev–Trinajstić information content (AvgIpc) is 2.90. The number of anilines is 3. The number of ketones is 2. The molecule has 0 amide bonds. The van der Waals surface area contributed by atoms with E-state index < -0.39 is 19.7 Å². The van der Waals surface area contributed by atoms with E-state index in [0.717, 1.165) is 24.3 Å². The maximum absolute atomic E-state index is 13.8. The number of hydrogen-bond acceptors (Lipinski definition) is 9. The fourth-order valence-corrected chi connectivity index (χ4v) is 6.46. The predicted octanol–water partition coefficient (Wildman–Crippen LogP) is 5.57. The summed E-state index contributed by atoms with van der Waals surface area (Å²) in [5.74, 6) is -0.0456. The second-order valence-corrected chi connectivity index (χ2v) is 14.8. The minimum absolute atomic E-state index is 0.0513. The lowest BCUT2D eigenvalue weighted by molar-refractivity contribution is 0.0980. The molecule has 0 radical (unpaired) electrons. The van der Waals surface area contributed by atoms with Crippen LogP contribution in [0.3, 0.4) is 0 Å². The highest BCUT2D eigenvalue weighted by molar-refractivity contribution is 7.90. The number of ether oxygens (including phenoxy) is 1. The standard InChI is InChI=1S/C30H26N2O5S.C2H6O2S/c1-16-14-17(2)30(38(4,35)36)18(3)27(16)32-22-15-23(37-19-10-6-5-7-11-19)26(31)25-24(22)28(33)20-12-8-9-13-21(20)29(25)34;1-5(2,3)4/h5-15,32H,31H2,1-4H3;1-2H3. The summed E-state index contributed by atoms with van der Waals surface area (Å²) in [5.41, 5.74) is 9.97. The van der Waals surface area contributed by atoms with Gasteiger partial charge in [-0.2, -0.15) is 0 Å². The fourth-order valence-electron chi connectivity index (χ4n) is 5.16. The molecule has 0 heterocycles. The molecule has 9 nitrogen and oxygen atoms in total. The second-order valence-electron chi connectivity index (χ2n) is 10.6. The van der Waals surface area contributed by atoms with Crippen molar-refractivity contribution in [2.45, 2.75) is 25.7 Å². The van der Waals surface area contributed by atoms with Crippen LogP contribution in [-0.4, -0.2) is 47.2 Å². The van der Waals surface area contributed by atoms with Gasteiger partial charge < -0.3 is 15.8 Å². The molecule has 0 bridgehead atoms. The van der Waals surface area contributed by atoms with Crippen molar-refractivity contribution in [3.05, 3.63) is 106 Å². The summed E-state index contributed by atoms with van der Waals surface area (Å²) in [4.78, 5) is 27.6. The van der Waals surface area contributed by atoms with E-state index in [1.807, 2.05) is 13.0 Å². The molecule has 1 aliphatic carbocycles. The molecule has 3 N–H and O–H groups in total. The third-order valence-electron chi connectivity index (χ3n) is 6.70. The van der Waals surface area contributed by atoms with Gasteiger partial charge in [-0.05, 0) is 49.6 Å². The van der Waals surface area contributed by atoms with Gasteiger partial charge in [0, 0.05) is 41.6 Å². The normalized spacial score (nSPS) is 12.5. The summed E-state index contributed by atoms with van der Waals surface area (Å²) in [6, 6.07) is 18.9. The molecule has 0 unspecified atom stereocenters. The van der Waals surface area contributed by atoms with E-state index in [-0.39, 0.29) is 50.2 Å². The molecule has 0 fully saturated rings. The highest BCUT2D eigenvalue weighted by atomic mass is 32.2. The first-order valence-electron chi connectivity index (χ1n) is 13.1. The second kappa shape index (κ2) is 11.7. The monoisotopic (exact) mass is 620 g/mol. The Labute approximate surface area is 251 Å². The number of sulfone groups is 2. The van der Waals surface area contributed by atoms with E-state index in [2.05, 4.69) is 5.32 Å². The van der Waals surface area contributed by atoms with E-state index in [0.29, 0.717) is 28.3 Å². The van der Waals surface area contributed by atoms with Crippen molar-refractivity contribution in [3.8, 4) is 11.5 Å². The molecule has 0 aromatic heterocycles. The highest BCUT2D eigenvalue weighted by Gasteiger charge is 2.35. The largest absolute Gasteiger partial charge is 0.455 e. The van der Waals surface area contributed by atoms with Crippen LogP contribution in [0.4, 0.5) is 17.1 Å². The van der Waals surface area contributed by atoms with Crippen LogP contribution in [0.15, 0.2) is 71.6 Å². The summed E-state index contributed by atoms with van der Waals surface area (Å²) >= 11 is 0. The Balaban J connectivity index is 0.000000782. The summed E-state index contributed by atoms with van der Waals surface area (Å²) in [6.45, 7) is 5.31. The number of hydrogen-bond donors (Lipinski definition) is 2. The number of nitrogen functional groups attached to an aromatic ring is 1. The Bertz CT molecular complexity index is 1990. The molecule has 0 saturated carbocycles. The van der Waals surface area contributed by atoms with Crippen molar-refractivity contribution in [2.75, 3.05) is 29.8 Å². The number of fused-ring (bicyclic) bond motifs is 2. The fraction of sp³-hybridized carbons (Fsp3) is 0.188. The molecule has 4 aromatic carbocycles. The first kappa shape index (κ1) is 31.5. The average molecular weight is 621 g/mol. The lowest BCUT2D eigenvalue weighted by Gasteiger charge is -2.25. The van der Waals surface area contributed by atoms with Gasteiger partial charge in [0.25, 0.3) is 0 Å². The third-order valence-corrected chi connectivity index (χ3v) is 8.07. The van der Waals surface area contributed by atoms with E-state index in [1.54, 1.807) is 74.5 Å². The molecular weight excluding hydrogens is 588 g/mol. The molecular formula is C32H32N2O7S2. The van der Waals surface area contributed by atoms with Gasteiger partial charge in [-0.3, -0.25) is 9.59 Å². The summed E-state index contributed by atoms with van der Waals surface area (Å²) in [5, 5.41) is 3.27. The van der Waals surface area contributed by atoms with Crippen LogP contribution in [0.2, 0.25) is 0 Å². The molecule has 5 rings (SSSR count). The molecule has 0 spiro atoms. The molecule has 43 heavy (non-hydrogen) atoms. The number of nitrogens with two attached hydrogens (primary N) is 1. The van der Waals surface area contributed by atoms with E-state index in [4.69, 9.17) is 10.5 Å². The Morgan fingerprint density at radius 3 is 1.77 bits per heavy atom. The maximum atomic E-state index is 13.8. The van der Waals surface area contributed by atoms with Gasteiger partial charge in [-0.15, -0.1) is 0 Å². The lowest BCUT2D eigenvalue weighted by atomic mass is 9.82. The predicted molar refractivity (Wildman–Crippen MR) is 168 cm³/mol. The topological polar surface area (TPSA) is 150 Å². The SMILES string of the molecule is CS(C)(=O)=O.Cc1cc(C)c(S(C)(=O)=O)c(C)c1Nc1cc(Oc2ccccc2)c(N)c2c1C(=O)c1ccccc1C2=O. The van der Waals surface area contributed by atoms with Crippen LogP contribution >= 0.6 is 0 Å². The minimum atomic E-state index is -3.53. The van der Waals surface area contributed by atoms with Crippen LogP contribution in [0.1, 0.15) is 48.5 Å². The third kappa shape index (κ3) is 6.63. The zero-order valence-corrected chi connectivity index (χ0v) is 26.2. The Morgan fingerprint density at radius 2 is 1.23 bits per heavy atom. The molecule has 224 valence electrons. The van der Waals surface area contributed by atoms with Gasteiger partial charge >= 0.3 is 0 Å². The van der Waals surface area contributed by atoms with Crippen LogP contribution in [0.5, 0.6) is 11.5 Å². The summed E-state index contributed by atoms with van der Waals surface area (Å²) in [7, 11) is -6.20. The van der Waals surface area contributed by atoms with E-state index >= 15 is 0 Å². The number of nitrogens with one attached hydrogen (secondary N) is 1. The van der Waals surface area contributed by atoms with Crippen LogP contribution in [0.25, 0.3) is 0 Å². The molecule has 1 aliphatic rings.